The lowest BCUT2D eigenvalue weighted by molar-refractivity contribution is 0.0424. The fourth-order valence-corrected chi connectivity index (χ4v) is 4.53. The maximum atomic E-state index is 12.6. The van der Waals surface area contributed by atoms with E-state index in [0.29, 0.717) is 43.6 Å². The summed E-state index contributed by atoms with van der Waals surface area (Å²) in [6, 6.07) is 8.36. The molecular formula is C20H33N3O4S. The molecule has 2 rings (SSSR count). The zero-order valence-corrected chi connectivity index (χ0v) is 17.7. The maximum Gasteiger partial charge on any atom is 0.191 e. The molecule has 158 valence electrons. The van der Waals surface area contributed by atoms with E-state index in [-0.39, 0.29) is 17.9 Å². The van der Waals surface area contributed by atoms with Crippen LogP contribution in [0.1, 0.15) is 33.1 Å². The number of hydrogen-bond donors (Lipinski definition) is 2. The second-order valence-electron chi connectivity index (χ2n) is 6.81. The highest BCUT2D eigenvalue weighted by Crippen LogP contribution is 2.12. The van der Waals surface area contributed by atoms with Gasteiger partial charge in [0.1, 0.15) is 0 Å². The normalized spacial score (nSPS) is 18.8. The van der Waals surface area contributed by atoms with Crippen LogP contribution < -0.4 is 10.6 Å². The van der Waals surface area contributed by atoms with Crippen LogP contribution in [-0.2, 0) is 19.3 Å². The van der Waals surface area contributed by atoms with Crippen molar-refractivity contribution in [3.63, 3.8) is 0 Å². The van der Waals surface area contributed by atoms with E-state index in [1.165, 1.54) is 0 Å². The summed E-state index contributed by atoms with van der Waals surface area (Å²) < 4.78 is 36.3. The van der Waals surface area contributed by atoms with E-state index in [0.717, 1.165) is 19.4 Å². The number of sulfone groups is 1. The minimum absolute atomic E-state index is 0.0305. The van der Waals surface area contributed by atoms with Crippen LogP contribution in [0.5, 0.6) is 0 Å². The van der Waals surface area contributed by atoms with Gasteiger partial charge in [-0.05, 0) is 38.3 Å². The van der Waals surface area contributed by atoms with Gasteiger partial charge in [0.2, 0.25) is 0 Å². The van der Waals surface area contributed by atoms with E-state index in [2.05, 4.69) is 15.6 Å². The molecule has 1 aromatic rings. The molecule has 1 heterocycles. The number of hydrogen-bond acceptors (Lipinski definition) is 5. The van der Waals surface area contributed by atoms with Gasteiger partial charge in [0, 0.05) is 32.3 Å². The molecule has 2 unspecified atom stereocenters. The van der Waals surface area contributed by atoms with E-state index in [4.69, 9.17) is 9.47 Å². The fourth-order valence-electron chi connectivity index (χ4n) is 2.91. The van der Waals surface area contributed by atoms with E-state index in [1.807, 2.05) is 19.9 Å². The third-order valence-corrected chi connectivity index (χ3v) is 6.35. The van der Waals surface area contributed by atoms with Crippen LogP contribution in [0.3, 0.4) is 0 Å². The quantitative estimate of drug-likeness (QED) is 0.329. The van der Waals surface area contributed by atoms with Crippen molar-refractivity contribution >= 4 is 15.8 Å². The van der Waals surface area contributed by atoms with Gasteiger partial charge in [0.25, 0.3) is 0 Å². The maximum absolute atomic E-state index is 12.6. The number of guanidine groups is 1. The Balaban J connectivity index is 1.85. The van der Waals surface area contributed by atoms with Gasteiger partial charge in [-0.25, -0.2) is 8.42 Å². The second-order valence-corrected chi connectivity index (χ2v) is 8.85. The topological polar surface area (TPSA) is 89.0 Å². The third kappa shape index (κ3) is 7.77. The largest absolute Gasteiger partial charge is 0.379 e. The zero-order chi connectivity index (χ0) is 20.2. The average Bonchev–Trinajstić information content (AvgIpc) is 3.21. The smallest absolute Gasteiger partial charge is 0.191 e. The zero-order valence-electron chi connectivity index (χ0n) is 16.9. The Bertz CT molecular complexity index is 689. The minimum Gasteiger partial charge on any atom is -0.379 e. The van der Waals surface area contributed by atoms with Crippen LogP contribution in [-0.4, -0.2) is 65.2 Å². The number of ether oxygens (including phenoxy) is 2. The Labute approximate surface area is 168 Å². The summed E-state index contributed by atoms with van der Waals surface area (Å²) in [4.78, 5) is 4.91. The number of rotatable bonds is 11. The number of nitrogens with zero attached hydrogens (tertiary/aromatic N) is 1. The molecule has 7 nitrogen and oxygen atoms in total. The molecule has 0 saturated carbocycles. The highest BCUT2D eigenvalue weighted by atomic mass is 32.2. The molecule has 1 saturated heterocycles. The van der Waals surface area contributed by atoms with Crippen molar-refractivity contribution in [3.8, 4) is 0 Å². The van der Waals surface area contributed by atoms with Crippen LogP contribution in [0.4, 0.5) is 0 Å². The van der Waals surface area contributed by atoms with Crippen LogP contribution in [0.25, 0.3) is 0 Å². The molecule has 0 radical (unpaired) electrons. The van der Waals surface area contributed by atoms with Crippen LogP contribution in [0.15, 0.2) is 40.2 Å². The molecule has 0 spiro atoms. The van der Waals surface area contributed by atoms with Crippen molar-refractivity contribution < 1.29 is 17.9 Å². The Kier molecular flexibility index (Phi) is 9.73. The van der Waals surface area contributed by atoms with E-state index in [1.54, 1.807) is 24.3 Å². The molecule has 0 aliphatic carbocycles. The molecule has 0 aromatic heterocycles. The average molecular weight is 412 g/mol. The SMILES string of the molecule is CCNC(=NCCCOC1CCOC1)NC(CC)CS(=O)(=O)c1ccccc1. The molecule has 2 atom stereocenters. The van der Waals surface area contributed by atoms with Gasteiger partial charge in [-0.3, -0.25) is 4.99 Å². The first kappa shape index (κ1) is 22.6. The summed E-state index contributed by atoms with van der Waals surface area (Å²) in [5, 5.41) is 6.45. The summed E-state index contributed by atoms with van der Waals surface area (Å²) >= 11 is 0. The van der Waals surface area contributed by atoms with Crippen molar-refractivity contribution in [2.24, 2.45) is 4.99 Å². The van der Waals surface area contributed by atoms with Gasteiger partial charge in [0.15, 0.2) is 15.8 Å². The third-order valence-electron chi connectivity index (χ3n) is 4.51. The molecule has 28 heavy (non-hydrogen) atoms. The summed E-state index contributed by atoms with van der Waals surface area (Å²) in [6.45, 7) is 7.40. The monoisotopic (exact) mass is 411 g/mol. The predicted octanol–water partition coefficient (Wildman–Crippen LogP) is 1.99. The lowest BCUT2D eigenvalue weighted by Crippen LogP contribution is -2.46. The lowest BCUT2D eigenvalue weighted by Gasteiger charge is -2.20. The first-order valence-electron chi connectivity index (χ1n) is 10.1. The number of nitrogens with one attached hydrogen (secondary N) is 2. The molecule has 2 N–H and O–H groups in total. The van der Waals surface area contributed by atoms with Gasteiger partial charge in [-0.2, -0.15) is 0 Å². The molecular weight excluding hydrogens is 378 g/mol. The molecule has 0 bridgehead atoms. The van der Waals surface area contributed by atoms with Gasteiger partial charge in [-0.1, -0.05) is 25.1 Å². The number of aliphatic imine (C=N–C) groups is 1. The first-order valence-corrected chi connectivity index (χ1v) is 11.7. The first-order chi connectivity index (χ1) is 13.5. The molecule has 1 fully saturated rings. The predicted molar refractivity (Wildman–Crippen MR) is 111 cm³/mol. The fraction of sp³-hybridized carbons (Fsp3) is 0.650. The van der Waals surface area contributed by atoms with Crippen molar-refractivity contribution in [3.05, 3.63) is 30.3 Å². The van der Waals surface area contributed by atoms with Crippen molar-refractivity contribution in [1.29, 1.82) is 0 Å². The Morgan fingerprint density at radius 1 is 1.32 bits per heavy atom. The van der Waals surface area contributed by atoms with Crippen molar-refractivity contribution in [2.75, 3.05) is 38.7 Å². The van der Waals surface area contributed by atoms with E-state index < -0.39 is 9.84 Å². The van der Waals surface area contributed by atoms with Gasteiger partial charge in [-0.15, -0.1) is 0 Å². The van der Waals surface area contributed by atoms with Gasteiger partial charge < -0.3 is 20.1 Å². The Hall–Kier alpha value is -1.64. The highest BCUT2D eigenvalue weighted by Gasteiger charge is 2.21. The van der Waals surface area contributed by atoms with Crippen molar-refractivity contribution in [1.82, 2.24) is 10.6 Å². The van der Waals surface area contributed by atoms with Crippen molar-refractivity contribution in [2.45, 2.75) is 50.2 Å². The van der Waals surface area contributed by atoms with E-state index in [9.17, 15) is 8.42 Å². The summed E-state index contributed by atoms with van der Waals surface area (Å²) in [5.41, 5.74) is 0. The van der Waals surface area contributed by atoms with Crippen LogP contribution in [0.2, 0.25) is 0 Å². The number of benzene rings is 1. The molecule has 0 amide bonds. The van der Waals surface area contributed by atoms with Gasteiger partial charge >= 0.3 is 0 Å². The van der Waals surface area contributed by atoms with Gasteiger partial charge in [0.05, 0.1) is 23.4 Å². The summed E-state index contributed by atoms with van der Waals surface area (Å²) in [7, 11) is -3.35. The summed E-state index contributed by atoms with van der Waals surface area (Å²) in [5.74, 6) is 0.671. The van der Waals surface area contributed by atoms with Crippen LogP contribution in [0, 0.1) is 0 Å². The Morgan fingerprint density at radius 2 is 2.11 bits per heavy atom. The standard InChI is InChI=1S/C20H33N3O4S/c1-3-17(16-28(24,25)19-9-6-5-7-10-19)23-20(21-4-2)22-12-8-13-27-18-11-14-26-15-18/h5-7,9-10,17-18H,3-4,8,11-16H2,1-2H3,(H2,21,22,23). The highest BCUT2D eigenvalue weighted by molar-refractivity contribution is 7.91. The molecule has 1 aliphatic heterocycles. The molecule has 1 aromatic carbocycles. The van der Waals surface area contributed by atoms with E-state index >= 15 is 0 Å². The van der Waals surface area contributed by atoms with Crippen LogP contribution >= 0.6 is 0 Å². The molecule has 8 heteroatoms. The summed E-state index contributed by atoms with van der Waals surface area (Å²) in [6.07, 6.45) is 2.66. The minimum atomic E-state index is -3.35. The second kappa shape index (κ2) is 12.0. The molecule has 1 aliphatic rings. The Morgan fingerprint density at radius 3 is 2.75 bits per heavy atom. The lowest BCUT2D eigenvalue weighted by atomic mass is 10.3.